The predicted molar refractivity (Wildman–Crippen MR) is 53.6 cm³/mol. The Morgan fingerprint density at radius 2 is 2.60 bits per heavy atom. The highest BCUT2D eigenvalue weighted by atomic mass is 16.6. The van der Waals surface area contributed by atoms with E-state index in [2.05, 4.69) is 5.32 Å². The van der Waals surface area contributed by atoms with E-state index >= 15 is 0 Å². The van der Waals surface area contributed by atoms with Crippen LogP contribution in [0.1, 0.15) is 6.42 Å². The lowest BCUT2D eigenvalue weighted by Gasteiger charge is -2.20. The Morgan fingerprint density at radius 3 is 3.27 bits per heavy atom. The molecule has 2 aliphatic rings. The fraction of sp³-hybridized carbons (Fsp3) is 0.778. The third-order valence-electron chi connectivity index (χ3n) is 2.76. The lowest BCUT2D eigenvalue weighted by molar-refractivity contribution is -0.404. The van der Waals surface area contributed by atoms with Gasteiger partial charge in [-0.25, -0.2) is 0 Å². The Balaban J connectivity index is 1.92. The molecular weight excluding hydrogens is 198 g/mol. The molecule has 6 heteroatoms. The van der Waals surface area contributed by atoms with Crippen LogP contribution in [0.25, 0.3) is 0 Å². The average Bonchev–Trinajstić information content (AvgIpc) is 2.78. The van der Waals surface area contributed by atoms with Crippen LogP contribution in [0.15, 0.2) is 12.0 Å². The van der Waals surface area contributed by atoms with E-state index in [-0.39, 0.29) is 0 Å². The van der Waals surface area contributed by atoms with Gasteiger partial charge in [-0.1, -0.05) is 0 Å². The van der Waals surface area contributed by atoms with E-state index in [1.165, 1.54) is 0 Å². The molecule has 0 aromatic heterocycles. The molecule has 1 atom stereocenters. The van der Waals surface area contributed by atoms with E-state index in [9.17, 15) is 10.1 Å². The molecule has 0 bridgehead atoms. The Bertz CT molecular complexity index is 274. The summed E-state index contributed by atoms with van der Waals surface area (Å²) in [4.78, 5) is 12.0. The number of nitrogens with one attached hydrogen (secondary N) is 1. The maximum atomic E-state index is 10.4. The molecule has 84 valence electrons. The third-order valence-corrected chi connectivity index (χ3v) is 2.76. The summed E-state index contributed by atoms with van der Waals surface area (Å²) in [5.74, 6) is 1.15. The molecule has 0 radical (unpaired) electrons. The fourth-order valence-corrected chi connectivity index (χ4v) is 2.01. The second-order valence-corrected chi connectivity index (χ2v) is 3.90. The molecule has 1 unspecified atom stereocenters. The van der Waals surface area contributed by atoms with Gasteiger partial charge in [-0.2, -0.15) is 0 Å². The van der Waals surface area contributed by atoms with Gasteiger partial charge in [-0.15, -0.1) is 0 Å². The fourth-order valence-electron chi connectivity index (χ4n) is 2.01. The average molecular weight is 213 g/mol. The van der Waals surface area contributed by atoms with Gasteiger partial charge in [0, 0.05) is 32.2 Å². The quantitative estimate of drug-likeness (QED) is 0.528. The van der Waals surface area contributed by atoms with Crippen molar-refractivity contribution < 1.29 is 9.66 Å². The third kappa shape index (κ3) is 2.59. The van der Waals surface area contributed by atoms with E-state index in [4.69, 9.17) is 4.74 Å². The van der Waals surface area contributed by atoms with Crippen molar-refractivity contribution in [2.75, 3.05) is 32.8 Å². The first-order chi connectivity index (χ1) is 7.25. The van der Waals surface area contributed by atoms with Crippen LogP contribution < -0.4 is 5.32 Å². The summed E-state index contributed by atoms with van der Waals surface area (Å²) < 4.78 is 5.28. The molecule has 0 aromatic carbocycles. The van der Waals surface area contributed by atoms with Crippen molar-refractivity contribution >= 4 is 0 Å². The normalized spacial score (nSPS) is 28.4. The zero-order valence-electron chi connectivity index (χ0n) is 8.52. The van der Waals surface area contributed by atoms with E-state index in [0.29, 0.717) is 11.7 Å². The van der Waals surface area contributed by atoms with E-state index in [0.717, 1.165) is 45.5 Å². The van der Waals surface area contributed by atoms with Gasteiger partial charge in [0.2, 0.25) is 0 Å². The van der Waals surface area contributed by atoms with E-state index in [1.54, 1.807) is 0 Å². The SMILES string of the molecule is O=[N+]([O-])C=C1NCCN1CC1CCOC1. The molecular formula is C9H15N3O3. The molecule has 0 aromatic rings. The molecule has 2 saturated heterocycles. The summed E-state index contributed by atoms with van der Waals surface area (Å²) in [6.45, 7) is 4.08. The number of nitrogens with zero attached hydrogens (tertiary/aromatic N) is 2. The van der Waals surface area contributed by atoms with Gasteiger partial charge in [0.15, 0.2) is 5.82 Å². The summed E-state index contributed by atoms with van der Waals surface area (Å²) in [7, 11) is 0. The molecule has 1 N–H and O–H groups in total. The first kappa shape index (κ1) is 10.2. The maximum absolute atomic E-state index is 10.4. The molecule has 2 aliphatic heterocycles. The molecule has 0 spiro atoms. The van der Waals surface area contributed by atoms with E-state index < -0.39 is 4.92 Å². The number of hydrogen-bond donors (Lipinski definition) is 1. The zero-order valence-corrected chi connectivity index (χ0v) is 8.52. The maximum Gasteiger partial charge on any atom is 0.274 e. The minimum absolute atomic E-state index is 0.411. The highest BCUT2D eigenvalue weighted by molar-refractivity contribution is 5.00. The predicted octanol–water partition coefficient (Wildman–Crippen LogP) is 0.00370. The van der Waals surface area contributed by atoms with Crippen molar-refractivity contribution in [3.8, 4) is 0 Å². The first-order valence-corrected chi connectivity index (χ1v) is 5.17. The Morgan fingerprint density at radius 1 is 1.73 bits per heavy atom. The number of hydrogen-bond acceptors (Lipinski definition) is 5. The van der Waals surface area contributed by atoms with Gasteiger partial charge >= 0.3 is 0 Å². The molecule has 2 rings (SSSR count). The second-order valence-electron chi connectivity index (χ2n) is 3.90. The van der Waals surface area contributed by atoms with Crippen LogP contribution in [0.4, 0.5) is 0 Å². The van der Waals surface area contributed by atoms with Crippen LogP contribution in [0.2, 0.25) is 0 Å². The topological polar surface area (TPSA) is 67.6 Å². The van der Waals surface area contributed by atoms with Crippen molar-refractivity contribution in [3.05, 3.63) is 22.1 Å². The summed E-state index contributed by atoms with van der Waals surface area (Å²) in [5.41, 5.74) is 0. The Labute approximate surface area is 88.0 Å². The minimum atomic E-state index is -0.411. The van der Waals surface area contributed by atoms with Gasteiger partial charge < -0.3 is 15.0 Å². The van der Waals surface area contributed by atoms with Crippen LogP contribution in [0, 0.1) is 16.0 Å². The van der Waals surface area contributed by atoms with Crippen LogP contribution in [-0.4, -0.2) is 42.7 Å². The van der Waals surface area contributed by atoms with Crippen LogP contribution in [0.5, 0.6) is 0 Å². The lowest BCUT2D eigenvalue weighted by Crippen LogP contribution is -2.27. The van der Waals surface area contributed by atoms with Crippen LogP contribution >= 0.6 is 0 Å². The van der Waals surface area contributed by atoms with Crippen LogP contribution in [0.3, 0.4) is 0 Å². The monoisotopic (exact) mass is 213 g/mol. The van der Waals surface area contributed by atoms with E-state index in [1.807, 2.05) is 4.90 Å². The van der Waals surface area contributed by atoms with Crippen molar-refractivity contribution in [2.24, 2.45) is 5.92 Å². The highest BCUT2D eigenvalue weighted by Gasteiger charge is 2.24. The number of rotatable bonds is 3. The number of ether oxygens (including phenoxy) is 1. The summed E-state index contributed by atoms with van der Waals surface area (Å²) in [6, 6.07) is 0. The molecule has 2 heterocycles. The summed E-state index contributed by atoms with van der Waals surface area (Å²) in [5, 5.41) is 13.4. The Kier molecular flexibility index (Phi) is 3.05. The first-order valence-electron chi connectivity index (χ1n) is 5.17. The smallest absolute Gasteiger partial charge is 0.274 e. The standard InChI is InChI=1S/C9H15N3O3/c13-12(14)6-9-10-2-3-11(9)5-8-1-4-15-7-8/h6,8,10H,1-5,7H2. The van der Waals surface area contributed by atoms with Crippen molar-refractivity contribution in [1.82, 2.24) is 10.2 Å². The summed E-state index contributed by atoms with van der Waals surface area (Å²) in [6.07, 6.45) is 2.10. The molecule has 2 fully saturated rings. The van der Waals surface area contributed by atoms with Gasteiger partial charge in [-0.3, -0.25) is 10.1 Å². The Hall–Kier alpha value is -1.30. The molecule has 0 aliphatic carbocycles. The number of nitro groups is 1. The van der Waals surface area contributed by atoms with Gasteiger partial charge in [0.05, 0.1) is 11.5 Å². The van der Waals surface area contributed by atoms with Crippen molar-refractivity contribution in [3.63, 3.8) is 0 Å². The van der Waals surface area contributed by atoms with Crippen molar-refractivity contribution in [2.45, 2.75) is 6.42 Å². The van der Waals surface area contributed by atoms with Crippen LogP contribution in [-0.2, 0) is 4.74 Å². The zero-order chi connectivity index (χ0) is 10.7. The highest BCUT2D eigenvalue weighted by Crippen LogP contribution is 2.17. The van der Waals surface area contributed by atoms with Gasteiger partial charge in [-0.05, 0) is 6.42 Å². The van der Waals surface area contributed by atoms with Gasteiger partial charge in [0.1, 0.15) is 0 Å². The summed E-state index contributed by atoms with van der Waals surface area (Å²) >= 11 is 0. The molecule has 0 saturated carbocycles. The minimum Gasteiger partial charge on any atom is -0.381 e. The molecule has 6 nitrogen and oxygen atoms in total. The largest absolute Gasteiger partial charge is 0.381 e. The van der Waals surface area contributed by atoms with Crippen molar-refractivity contribution in [1.29, 1.82) is 0 Å². The lowest BCUT2D eigenvalue weighted by atomic mass is 10.1. The van der Waals surface area contributed by atoms with Gasteiger partial charge in [0.25, 0.3) is 6.20 Å². The molecule has 0 amide bonds. The molecule has 15 heavy (non-hydrogen) atoms. The second kappa shape index (κ2) is 4.48.